The van der Waals surface area contributed by atoms with Gasteiger partial charge in [0, 0.05) is 17.2 Å². The highest BCUT2D eigenvalue weighted by molar-refractivity contribution is 5.30. The van der Waals surface area contributed by atoms with Crippen LogP contribution >= 0.6 is 0 Å². The van der Waals surface area contributed by atoms with Crippen molar-refractivity contribution in [2.75, 3.05) is 0 Å². The van der Waals surface area contributed by atoms with Gasteiger partial charge in [0.05, 0.1) is 18.6 Å². The third-order valence-corrected chi connectivity index (χ3v) is 2.32. The van der Waals surface area contributed by atoms with E-state index in [4.69, 9.17) is 10.3 Å². The molecule has 0 saturated heterocycles. The fourth-order valence-electron chi connectivity index (χ4n) is 1.54. The Morgan fingerprint density at radius 1 is 1.25 bits per heavy atom. The van der Waals surface area contributed by atoms with Crippen LogP contribution in [-0.4, -0.2) is 0 Å². The molecule has 3 nitrogen and oxygen atoms in total. The van der Waals surface area contributed by atoms with E-state index in [9.17, 15) is 8.78 Å². The van der Waals surface area contributed by atoms with Gasteiger partial charge in [0.2, 0.25) is 0 Å². The molecular formula is C11H10F2N2O. The summed E-state index contributed by atoms with van der Waals surface area (Å²) in [7, 11) is 0. The second-order valence-electron chi connectivity index (χ2n) is 3.32. The van der Waals surface area contributed by atoms with Gasteiger partial charge in [0.25, 0.3) is 0 Å². The second-order valence-corrected chi connectivity index (χ2v) is 3.32. The summed E-state index contributed by atoms with van der Waals surface area (Å²) < 4.78 is 31.2. The molecule has 0 fully saturated rings. The van der Waals surface area contributed by atoms with Crippen molar-refractivity contribution in [3.8, 4) is 0 Å². The summed E-state index contributed by atoms with van der Waals surface area (Å²) in [5.41, 5.74) is 3.40. The first kappa shape index (κ1) is 10.8. The summed E-state index contributed by atoms with van der Waals surface area (Å²) in [4.78, 5) is 0. The fraction of sp³-hybridized carbons (Fsp3) is 0.0909. The van der Waals surface area contributed by atoms with Crippen LogP contribution in [0.25, 0.3) is 0 Å². The van der Waals surface area contributed by atoms with Gasteiger partial charge in [-0.15, -0.1) is 0 Å². The lowest BCUT2D eigenvalue weighted by molar-refractivity contribution is 0.530. The monoisotopic (exact) mass is 224 g/mol. The minimum atomic E-state index is -0.649. The summed E-state index contributed by atoms with van der Waals surface area (Å²) in [6, 6.07) is 4.46. The quantitative estimate of drug-likeness (QED) is 0.620. The standard InChI is InChI=1S/C11H10F2N2O/c12-8-1-2-9(10(13)5-8)11(15-14)7-3-4-16-6-7/h1-6,11,15H,14H2. The zero-order chi connectivity index (χ0) is 11.5. The van der Waals surface area contributed by atoms with Gasteiger partial charge in [-0.25, -0.2) is 14.2 Å². The SMILES string of the molecule is NNC(c1ccoc1)c1ccc(F)cc1F. The molecule has 2 aromatic rings. The molecule has 0 saturated carbocycles. The predicted molar refractivity (Wildman–Crippen MR) is 54.2 cm³/mol. The van der Waals surface area contributed by atoms with Gasteiger partial charge in [-0.2, -0.15) is 0 Å². The molecule has 0 spiro atoms. The van der Waals surface area contributed by atoms with E-state index in [1.54, 1.807) is 6.07 Å². The Morgan fingerprint density at radius 2 is 2.06 bits per heavy atom. The lowest BCUT2D eigenvalue weighted by atomic mass is 10.0. The lowest BCUT2D eigenvalue weighted by Gasteiger charge is -2.15. The zero-order valence-corrected chi connectivity index (χ0v) is 8.28. The van der Waals surface area contributed by atoms with Gasteiger partial charge in [0.15, 0.2) is 0 Å². The van der Waals surface area contributed by atoms with Crippen LogP contribution in [0.1, 0.15) is 17.2 Å². The van der Waals surface area contributed by atoms with E-state index in [2.05, 4.69) is 5.43 Å². The normalized spacial score (nSPS) is 12.7. The van der Waals surface area contributed by atoms with Crippen LogP contribution in [0, 0.1) is 11.6 Å². The van der Waals surface area contributed by atoms with E-state index < -0.39 is 17.7 Å². The Bertz CT molecular complexity index is 471. The first-order chi connectivity index (χ1) is 7.72. The van der Waals surface area contributed by atoms with Crippen LogP contribution in [0.4, 0.5) is 8.78 Å². The maximum absolute atomic E-state index is 13.5. The van der Waals surface area contributed by atoms with E-state index in [1.807, 2.05) is 0 Å². The molecule has 1 unspecified atom stereocenters. The summed E-state index contributed by atoms with van der Waals surface area (Å²) in [6.07, 6.45) is 2.91. The van der Waals surface area contributed by atoms with E-state index in [0.717, 1.165) is 6.07 Å². The Labute approximate surface area is 90.8 Å². The molecular weight excluding hydrogens is 214 g/mol. The molecule has 3 N–H and O–H groups in total. The van der Waals surface area contributed by atoms with Crippen molar-refractivity contribution in [1.29, 1.82) is 0 Å². The van der Waals surface area contributed by atoms with Crippen molar-refractivity contribution < 1.29 is 13.2 Å². The molecule has 16 heavy (non-hydrogen) atoms. The van der Waals surface area contributed by atoms with Crippen LogP contribution in [0.5, 0.6) is 0 Å². The highest BCUT2D eigenvalue weighted by atomic mass is 19.1. The van der Waals surface area contributed by atoms with E-state index in [0.29, 0.717) is 5.56 Å². The molecule has 2 rings (SSSR count). The molecule has 1 heterocycles. The number of benzene rings is 1. The highest BCUT2D eigenvalue weighted by Gasteiger charge is 2.17. The van der Waals surface area contributed by atoms with Crippen molar-refractivity contribution >= 4 is 0 Å². The van der Waals surface area contributed by atoms with Crippen LogP contribution in [0.15, 0.2) is 41.2 Å². The van der Waals surface area contributed by atoms with Gasteiger partial charge in [-0.3, -0.25) is 5.84 Å². The molecule has 1 aromatic carbocycles. The smallest absolute Gasteiger partial charge is 0.131 e. The van der Waals surface area contributed by atoms with Crippen molar-refractivity contribution in [3.63, 3.8) is 0 Å². The minimum Gasteiger partial charge on any atom is -0.472 e. The molecule has 1 aromatic heterocycles. The average Bonchev–Trinajstić information content (AvgIpc) is 2.75. The predicted octanol–water partition coefficient (Wildman–Crippen LogP) is 2.11. The largest absolute Gasteiger partial charge is 0.472 e. The maximum atomic E-state index is 13.5. The van der Waals surface area contributed by atoms with Crippen LogP contribution < -0.4 is 11.3 Å². The number of furan rings is 1. The number of nitrogens with two attached hydrogens (primary N) is 1. The topological polar surface area (TPSA) is 51.2 Å². The van der Waals surface area contributed by atoms with Crippen molar-refractivity contribution in [2.45, 2.75) is 6.04 Å². The van der Waals surface area contributed by atoms with Gasteiger partial charge in [-0.1, -0.05) is 6.07 Å². The zero-order valence-electron chi connectivity index (χ0n) is 8.28. The van der Waals surface area contributed by atoms with Crippen LogP contribution in [0.2, 0.25) is 0 Å². The van der Waals surface area contributed by atoms with Gasteiger partial charge < -0.3 is 4.42 Å². The van der Waals surface area contributed by atoms with Crippen molar-refractivity contribution in [3.05, 3.63) is 59.6 Å². The van der Waals surface area contributed by atoms with E-state index >= 15 is 0 Å². The van der Waals surface area contributed by atoms with Crippen LogP contribution in [-0.2, 0) is 0 Å². The summed E-state index contributed by atoms with van der Waals surface area (Å²) in [6.45, 7) is 0. The number of nitrogens with one attached hydrogen (secondary N) is 1. The second kappa shape index (κ2) is 4.42. The fourth-order valence-corrected chi connectivity index (χ4v) is 1.54. The van der Waals surface area contributed by atoms with Crippen LogP contribution in [0.3, 0.4) is 0 Å². The van der Waals surface area contributed by atoms with Crippen molar-refractivity contribution in [2.24, 2.45) is 5.84 Å². The molecule has 0 aliphatic rings. The van der Waals surface area contributed by atoms with Crippen molar-refractivity contribution in [1.82, 2.24) is 5.43 Å². The number of hydrogen-bond acceptors (Lipinski definition) is 3. The van der Waals surface area contributed by atoms with Gasteiger partial charge in [-0.05, 0) is 12.1 Å². The third-order valence-electron chi connectivity index (χ3n) is 2.32. The number of halogens is 2. The molecule has 84 valence electrons. The first-order valence-corrected chi connectivity index (χ1v) is 4.65. The Morgan fingerprint density at radius 3 is 2.62 bits per heavy atom. The molecule has 5 heteroatoms. The number of hydrazine groups is 1. The average molecular weight is 224 g/mol. The molecule has 0 bridgehead atoms. The van der Waals surface area contributed by atoms with Gasteiger partial charge >= 0.3 is 0 Å². The highest BCUT2D eigenvalue weighted by Crippen LogP contribution is 2.24. The number of hydrogen-bond donors (Lipinski definition) is 2. The van der Waals surface area contributed by atoms with E-state index in [-0.39, 0.29) is 5.56 Å². The Balaban J connectivity index is 2.41. The Kier molecular flexibility index (Phi) is 2.98. The summed E-state index contributed by atoms with van der Waals surface area (Å²) >= 11 is 0. The molecule has 0 aliphatic heterocycles. The molecule has 0 radical (unpaired) electrons. The number of rotatable bonds is 3. The first-order valence-electron chi connectivity index (χ1n) is 4.65. The lowest BCUT2D eigenvalue weighted by Crippen LogP contribution is -2.29. The summed E-state index contributed by atoms with van der Waals surface area (Å²) in [5, 5.41) is 0. The third kappa shape index (κ3) is 1.95. The maximum Gasteiger partial charge on any atom is 0.131 e. The molecule has 0 amide bonds. The van der Waals surface area contributed by atoms with Gasteiger partial charge in [0.1, 0.15) is 11.6 Å². The summed E-state index contributed by atoms with van der Waals surface area (Å²) in [5.74, 6) is 4.08. The molecule has 1 atom stereocenters. The minimum absolute atomic E-state index is 0.269. The molecule has 0 aliphatic carbocycles. The van der Waals surface area contributed by atoms with E-state index in [1.165, 1.54) is 24.7 Å². The Hall–Kier alpha value is -1.72.